The number of aryl methyl sites for hydroxylation is 1. The van der Waals surface area contributed by atoms with Crippen LogP contribution >= 0.6 is 9.24 Å². The molecule has 0 spiro atoms. The molecule has 2 rings (SSSR count). The van der Waals surface area contributed by atoms with E-state index in [1.165, 1.54) is 27.7 Å². The summed E-state index contributed by atoms with van der Waals surface area (Å²) in [5.74, 6) is 0.546. The summed E-state index contributed by atoms with van der Waals surface area (Å²) in [6.07, 6.45) is 5.38. The van der Waals surface area contributed by atoms with Crippen LogP contribution < -0.4 is 0 Å². The molecule has 37 heavy (non-hydrogen) atoms. The van der Waals surface area contributed by atoms with Gasteiger partial charge in [-0.1, -0.05) is 77.5 Å². The van der Waals surface area contributed by atoms with Crippen molar-refractivity contribution >= 4 is 22.4 Å². The van der Waals surface area contributed by atoms with Crippen LogP contribution in [-0.4, -0.2) is 36.2 Å². The van der Waals surface area contributed by atoms with Crippen LogP contribution in [0.3, 0.4) is 0 Å². The Kier molecular flexibility index (Phi) is 12.4. The van der Waals surface area contributed by atoms with E-state index in [0.717, 1.165) is 19.3 Å². The highest BCUT2D eigenvalue weighted by molar-refractivity contribution is 7.19. The quantitative estimate of drug-likeness (QED) is 0.181. The van der Waals surface area contributed by atoms with Crippen molar-refractivity contribution < 1.29 is 14.0 Å². The summed E-state index contributed by atoms with van der Waals surface area (Å²) in [5.41, 5.74) is 6.00. The molecule has 1 aliphatic rings. The maximum atomic E-state index is 6.43. The molecule has 0 bridgehead atoms. The predicted molar refractivity (Wildman–Crippen MR) is 167 cm³/mol. The molecule has 0 saturated carbocycles. The molecule has 1 atom stereocenters. The summed E-state index contributed by atoms with van der Waals surface area (Å²) in [7, 11) is 4.25. The first-order valence-electron chi connectivity index (χ1n) is 14.0. The summed E-state index contributed by atoms with van der Waals surface area (Å²) < 4.78 is 18.1. The van der Waals surface area contributed by atoms with Crippen molar-refractivity contribution in [1.29, 1.82) is 0 Å². The topological polar surface area (TPSA) is 27.7 Å². The van der Waals surface area contributed by atoms with Gasteiger partial charge in [0.2, 0.25) is 0 Å². The van der Waals surface area contributed by atoms with Crippen molar-refractivity contribution in [3.63, 3.8) is 0 Å². The van der Waals surface area contributed by atoms with Gasteiger partial charge in [0, 0.05) is 12.3 Å². The van der Waals surface area contributed by atoms with Gasteiger partial charge in [0.25, 0.3) is 0 Å². The normalized spacial score (nSPS) is 18.5. The molecule has 1 heterocycles. The van der Waals surface area contributed by atoms with Crippen molar-refractivity contribution in [1.82, 2.24) is 0 Å². The van der Waals surface area contributed by atoms with Gasteiger partial charge >= 0.3 is 7.12 Å². The molecular weight excluding hydrogens is 474 g/mol. The molecule has 0 amide bonds. The summed E-state index contributed by atoms with van der Waals surface area (Å²) in [6, 6.07) is 8.69. The molecule has 1 aromatic carbocycles. The van der Waals surface area contributed by atoms with Gasteiger partial charge < -0.3 is 14.0 Å². The fraction of sp³-hybridized carbons (Fsp3) is 0.688. The minimum atomic E-state index is -0.314. The Morgan fingerprint density at radius 1 is 1.03 bits per heavy atom. The van der Waals surface area contributed by atoms with Gasteiger partial charge in [-0.2, -0.15) is 0 Å². The van der Waals surface area contributed by atoms with Crippen molar-refractivity contribution in [3.8, 4) is 0 Å². The molecule has 3 nitrogen and oxygen atoms in total. The minimum absolute atomic E-state index is 0.0579. The van der Waals surface area contributed by atoms with Crippen LogP contribution in [0.5, 0.6) is 0 Å². The van der Waals surface area contributed by atoms with Crippen molar-refractivity contribution in [2.45, 2.75) is 131 Å². The summed E-state index contributed by atoms with van der Waals surface area (Å²) >= 11 is 0. The van der Waals surface area contributed by atoms with E-state index in [9.17, 15) is 0 Å². The lowest BCUT2D eigenvalue weighted by atomic mass is 9.70. The van der Waals surface area contributed by atoms with Gasteiger partial charge in [-0.25, -0.2) is 0 Å². The standard InChI is InChI=1S/C25H39BO2.C7H17OP/c1-10-20-14-12-13-15-22(20)17-21(11-2)19(5)23(16-18(3)4)26-27-24(6,7)25(8,9)28-26;1-6(2,8-5)7(3,4)9/h12-15,17-18H,10-11,16H2,1-9H3;9H2,1-5H3/b21-17+,23-19+;. The lowest BCUT2D eigenvalue weighted by Crippen LogP contribution is -2.41. The zero-order valence-electron chi connectivity index (χ0n) is 26.5. The molecule has 0 radical (unpaired) electrons. The number of benzene rings is 1. The highest BCUT2D eigenvalue weighted by atomic mass is 31.0. The van der Waals surface area contributed by atoms with E-state index in [0.29, 0.717) is 5.92 Å². The maximum Gasteiger partial charge on any atom is 0.490 e. The lowest BCUT2D eigenvalue weighted by molar-refractivity contribution is -0.00229. The molecule has 5 heteroatoms. The Hall–Kier alpha value is -0.925. The molecular formula is C32H56BO3P. The molecule has 0 aliphatic carbocycles. The fourth-order valence-corrected chi connectivity index (χ4v) is 4.10. The van der Waals surface area contributed by atoms with Gasteiger partial charge in [-0.15, -0.1) is 9.24 Å². The molecule has 1 unspecified atom stereocenters. The third kappa shape index (κ3) is 9.06. The Labute approximate surface area is 232 Å². The second kappa shape index (κ2) is 13.4. The van der Waals surface area contributed by atoms with E-state index < -0.39 is 0 Å². The fourth-order valence-electron chi connectivity index (χ4n) is 3.98. The predicted octanol–water partition coefficient (Wildman–Crippen LogP) is 9.10. The van der Waals surface area contributed by atoms with E-state index in [2.05, 4.69) is 130 Å². The molecule has 210 valence electrons. The van der Waals surface area contributed by atoms with E-state index in [1.807, 2.05) is 0 Å². The van der Waals surface area contributed by atoms with Crippen LogP contribution in [0.4, 0.5) is 0 Å². The summed E-state index contributed by atoms with van der Waals surface area (Å²) in [5, 5.41) is 0.141. The summed E-state index contributed by atoms with van der Waals surface area (Å²) in [4.78, 5) is 0. The first-order chi connectivity index (χ1) is 16.8. The van der Waals surface area contributed by atoms with E-state index in [4.69, 9.17) is 14.0 Å². The van der Waals surface area contributed by atoms with Gasteiger partial charge in [-0.3, -0.25) is 0 Å². The SMILES string of the molecule is CCC(=C\c1ccccc1CC)/C(C)=C(\CC(C)C)B1OC(C)(C)C(C)(C)O1.COC(C)(C)C(C)(C)P. The third-order valence-electron chi connectivity index (χ3n) is 8.34. The average molecular weight is 531 g/mol. The lowest BCUT2D eigenvalue weighted by Gasteiger charge is -2.36. The Morgan fingerprint density at radius 2 is 1.54 bits per heavy atom. The van der Waals surface area contributed by atoms with Crippen LogP contribution in [-0.2, 0) is 20.5 Å². The van der Waals surface area contributed by atoms with E-state index >= 15 is 0 Å². The van der Waals surface area contributed by atoms with Crippen LogP contribution in [0.2, 0.25) is 0 Å². The minimum Gasteiger partial charge on any atom is -0.400 e. The van der Waals surface area contributed by atoms with Crippen molar-refractivity contribution in [2.75, 3.05) is 7.11 Å². The molecule has 1 aromatic rings. The maximum absolute atomic E-state index is 6.43. The number of allylic oxidation sites excluding steroid dienone is 3. The van der Waals surface area contributed by atoms with Crippen LogP contribution in [0.25, 0.3) is 6.08 Å². The molecule has 1 saturated heterocycles. The van der Waals surface area contributed by atoms with E-state index in [1.54, 1.807) is 7.11 Å². The van der Waals surface area contributed by atoms with Gasteiger partial charge in [-0.05, 0) is 95.8 Å². The smallest absolute Gasteiger partial charge is 0.400 e. The Bertz CT molecular complexity index is 920. The van der Waals surface area contributed by atoms with Crippen molar-refractivity contribution in [3.05, 3.63) is 52.0 Å². The Morgan fingerprint density at radius 3 is 1.92 bits per heavy atom. The zero-order chi connectivity index (χ0) is 28.8. The van der Waals surface area contributed by atoms with Gasteiger partial charge in [0.05, 0.1) is 16.8 Å². The first kappa shape index (κ1) is 34.1. The van der Waals surface area contributed by atoms with E-state index in [-0.39, 0.29) is 29.1 Å². The van der Waals surface area contributed by atoms with Gasteiger partial charge in [0.1, 0.15) is 0 Å². The van der Waals surface area contributed by atoms with Crippen LogP contribution in [0.15, 0.2) is 40.9 Å². The number of ether oxygens (including phenoxy) is 1. The van der Waals surface area contributed by atoms with Gasteiger partial charge in [0.15, 0.2) is 0 Å². The summed E-state index contributed by atoms with van der Waals surface area (Å²) in [6.45, 7) is 28.2. The number of hydrogen-bond donors (Lipinski definition) is 0. The largest absolute Gasteiger partial charge is 0.490 e. The highest BCUT2D eigenvalue weighted by Crippen LogP contribution is 2.41. The van der Waals surface area contributed by atoms with Crippen LogP contribution in [0.1, 0.15) is 114 Å². The molecule has 1 aliphatic heterocycles. The second-order valence-corrected chi connectivity index (χ2v) is 14.3. The third-order valence-corrected chi connectivity index (χ3v) is 9.03. The Balaban J connectivity index is 0.000000649. The van der Waals surface area contributed by atoms with Crippen molar-refractivity contribution in [2.24, 2.45) is 5.92 Å². The second-order valence-electron chi connectivity index (χ2n) is 12.8. The molecule has 0 aromatic heterocycles. The number of methoxy groups -OCH3 is 1. The molecule has 0 N–H and O–H groups in total. The molecule has 1 fully saturated rings. The van der Waals surface area contributed by atoms with Crippen LogP contribution in [0, 0.1) is 5.92 Å². The zero-order valence-corrected chi connectivity index (χ0v) is 27.6. The monoisotopic (exact) mass is 530 g/mol. The highest BCUT2D eigenvalue weighted by Gasteiger charge is 2.52. The number of rotatable bonds is 9. The number of hydrogen-bond acceptors (Lipinski definition) is 3. The average Bonchev–Trinajstić information content (AvgIpc) is 3.01. The first-order valence-corrected chi connectivity index (χ1v) is 14.6.